The highest BCUT2D eigenvalue weighted by Gasteiger charge is 2.32. The summed E-state index contributed by atoms with van der Waals surface area (Å²) >= 11 is 3.31. The highest BCUT2D eigenvalue weighted by atomic mass is 79.9. The first-order valence-electron chi connectivity index (χ1n) is 9.66. The number of sulfone groups is 1. The van der Waals surface area contributed by atoms with E-state index in [9.17, 15) is 13.2 Å². The second kappa shape index (κ2) is 8.03. The maximum atomic E-state index is 13.2. The third-order valence-electron chi connectivity index (χ3n) is 5.26. The van der Waals surface area contributed by atoms with Crippen molar-refractivity contribution in [2.75, 3.05) is 11.1 Å². The number of anilines is 1. The molecular weight excluding hydrogens is 472 g/mol. The quantitative estimate of drug-likeness (QED) is 0.534. The van der Waals surface area contributed by atoms with Crippen LogP contribution in [0.4, 0.5) is 5.82 Å². The van der Waals surface area contributed by atoms with Crippen molar-refractivity contribution in [1.29, 1.82) is 0 Å². The molecule has 30 heavy (non-hydrogen) atoms. The maximum Gasteiger partial charge on any atom is 0.295 e. The second-order valence-corrected chi connectivity index (χ2v) is 10.4. The van der Waals surface area contributed by atoms with Crippen molar-refractivity contribution in [2.45, 2.75) is 44.2 Å². The van der Waals surface area contributed by atoms with E-state index in [2.05, 4.69) is 41.2 Å². The fraction of sp³-hybridized carbons (Fsp3) is 0.421. The molecule has 3 aromatic heterocycles. The average Bonchev–Trinajstić information content (AvgIpc) is 3.58. The Balaban J connectivity index is 1.65. The molecule has 0 saturated heterocycles. The summed E-state index contributed by atoms with van der Waals surface area (Å²) in [7, 11) is -3.30. The number of fused-ring (bicyclic) bond motifs is 1. The first-order valence-corrected chi connectivity index (χ1v) is 12.1. The lowest BCUT2D eigenvalue weighted by atomic mass is 10.2. The van der Waals surface area contributed by atoms with Crippen molar-refractivity contribution >= 4 is 42.9 Å². The molecule has 0 aromatic carbocycles. The first kappa shape index (κ1) is 20.9. The monoisotopic (exact) mass is 492 g/mol. The lowest BCUT2D eigenvalue weighted by molar-refractivity contribution is 0.482. The molecule has 1 saturated carbocycles. The smallest absolute Gasteiger partial charge is 0.295 e. The van der Waals surface area contributed by atoms with Crippen molar-refractivity contribution in [1.82, 2.24) is 24.5 Å². The van der Waals surface area contributed by atoms with Crippen LogP contribution in [0.2, 0.25) is 0 Å². The Morgan fingerprint density at radius 3 is 2.63 bits per heavy atom. The van der Waals surface area contributed by atoms with Gasteiger partial charge in [0.2, 0.25) is 0 Å². The highest BCUT2D eigenvalue weighted by Crippen LogP contribution is 2.39. The number of nitrogens with one attached hydrogen (secondary N) is 1. The van der Waals surface area contributed by atoms with Gasteiger partial charge in [-0.1, -0.05) is 6.92 Å². The van der Waals surface area contributed by atoms with Gasteiger partial charge in [0.25, 0.3) is 5.56 Å². The summed E-state index contributed by atoms with van der Waals surface area (Å²) in [6.45, 7) is 3.83. The zero-order valence-electron chi connectivity index (χ0n) is 16.5. The number of pyridine rings is 1. The van der Waals surface area contributed by atoms with E-state index >= 15 is 0 Å². The predicted octanol–water partition coefficient (Wildman–Crippen LogP) is 2.72. The van der Waals surface area contributed by atoms with E-state index in [1.807, 2.05) is 6.92 Å². The normalized spacial score (nSPS) is 15.3. The molecule has 1 aliphatic rings. The molecule has 1 atom stereocenters. The van der Waals surface area contributed by atoms with Crippen molar-refractivity contribution in [3.8, 4) is 0 Å². The van der Waals surface area contributed by atoms with Crippen LogP contribution in [0.25, 0.3) is 11.3 Å². The maximum absolute atomic E-state index is 13.2. The van der Waals surface area contributed by atoms with Crippen molar-refractivity contribution in [3.05, 3.63) is 45.2 Å². The number of rotatable bonds is 7. The molecule has 1 fully saturated rings. The van der Waals surface area contributed by atoms with Gasteiger partial charge in [-0.25, -0.2) is 23.4 Å². The fourth-order valence-corrected chi connectivity index (χ4v) is 4.37. The first-order chi connectivity index (χ1) is 14.3. The zero-order valence-corrected chi connectivity index (χ0v) is 18.9. The van der Waals surface area contributed by atoms with E-state index in [-0.39, 0.29) is 34.6 Å². The molecule has 158 valence electrons. The van der Waals surface area contributed by atoms with Crippen LogP contribution >= 0.6 is 15.9 Å². The molecule has 0 amide bonds. The Hall–Kier alpha value is -2.40. The second-order valence-electron chi connectivity index (χ2n) is 7.30. The van der Waals surface area contributed by atoms with Crippen LogP contribution in [0.15, 0.2) is 38.8 Å². The van der Waals surface area contributed by atoms with E-state index in [0.717, 1.165) is 12.8 Å². The lowest BCUT2D eigenvalue weighted by Gasteiger charge is -2.17. The number of halogens is 1. The molecule has 3 aromatic rings. The van der Waals surface area contributed by atoms with E-state index in [1.54, 1.807) is 23.8 Å². The van der Waals surface area contributed by atoms with E-state index in [0.29, 0.717) is 27.5 Å². The largest absolute Gasteiger partial charge is 0.360 e. The Morgan fingerprint density at radius 1 is 1.23 bits per heavy atom. The fourth-order valence-electron chi connectivity index (χ4n) is 3.28. The van der Waals surface area contributed by atoms with Crippen LogP contribution in [-0.2, 0) is 16.4 Å². The summed E-state index contributed by atoms with van der Waals surface area (Å²) < 4.78 is 26.0. The van der Waals surface area contributed by atoms with Crippen LogP contribution in [-0.4, -0.2) is 38.7 Å². The van der Waals surface area contributed by atoms with E-state index in [1.165, 1.54) is 12.3 Å². The Morgan fingerprint density at radius 2 is 2.00 bits per heavy atom. The molecular formula is C19H21BrN6O3S. The van der Waals surface area contributed by atoms with Gasteiger partial charge in [0.05, 0.1) is 29.1 Å². The Labute approximate surface area is 182 Å². The molecule has 0 radical (unpaired) electrons. The third-order valence-corrected chi connectivity index (χ3v) is 7.36. The number of hydrogen-bond donors (Lipinski definition) is 1. The minimum absolute atomic E-state index is 0.0104. The minimum atomic E-state index is -3.30. The van der Waals surface area contributed by atoms with Crippen LogP contribution in [0.5, 0.6) is 0 Å². The molecule has 11 heteroatoms. The van der Waals surface area contributed by atoms with Gasteiger partial charge < -0.3 is 5.32 Å². The zero-order chi connectivity index (χ0) is 21.5. The van der Waals surface area contributed by atoms with Gasteiger partial charge in [0, 0.05) is 12.2 Å². The molecule has 1 N–H and O–H groups in total. The molecule has 0 spiro atoms. The topological polar surface area (TPSA) is 120 Å². The average molecular weight is 493 g/mol. The van der Waals surface area contributed by atoms with Crippen molar-refractivity contribution in [2.24, 2.45) is 5.92 Å². The van der Waals surface area contributed by atoms with Crippen LogP contribution in [0, 0.1) is 5.92 Å². The number of aromatic nitrogens is 5. The van der Waals surface area contributed by atoms with E-state index < -0.39 is 9.84 Å². The van der Waals surface area contributed by atoms with Gasteiger partial charge in [-0.05, 0) is 53.7 Å². The van der Waals surface area contributed by atoms with Crippen LogP contribution in [0.1, 0.15) is 38.4 Å². The summed E-state index contributed by atoms with van der Waals surface area (Å²) in [5, 5.41) is 3.03. The molecule has 9 nitrogen and oxygen atoms in total. The SMILES string of the molecule is CCS(=O)(=O)c1ccc(CNc2nc3ncc(Br)nc3n([C@@H](C)C3CC3)c2=O)nc1. The van der Waals surface area contributed by atoms with Gasteiger partial charge in [0.1, 0.15) is 4.60 Å². The third kappa shape index (κ3) is 4.08. The lowest BCUT2D eigenvalue weighted by Crippen LogP contribution is -2.29. The predicted molar refractivity (Wildman–Crippen MR) is 116 cm³/mol. The van der Waals surface area contributed by atoms with Crippen molar-refractivity contribution < 1.29 is 8.42 Å². The molecule has 3 heterocycles. The molecule has 4 rings (SSSR count). The summed E-state index contributed by atoms with van der Waals surface area (Å²) in [4.78, 5) is 30.6. The van der Waals surface area contributed by atoms with Crippen LogP contribution in [0.3, 0.4) is 0 Å². The summed E-state index contributed by atoms with van der Waals surface area (Å²) in [6, 6.07) is 3.13. The van der Waals surface area contributed by atoms with Gasteiger partial charge >= 0.3 is 0 Å². The Bertz CT molecular complexity index is 1260. The molecule has 1 aliphatic carbocycles. The number of hydrogen-bond acceptors (Lipinski definition) is 8. The molecule has 0 unspecified atom stereocenters. The summed E-state index contributed by atoms with van der Waals surface area (Å²) in [5.74, 6) is 0.624. The summed E-state index contributed by atoms with van der Waals surface area (Å²) in [5.41, 5.74) is 1.16. The number of nitrogens with zero attached hydrogens (tertiary/aromatic N) is 5. The van der Waals surface area contributed by atoms with Crippen LogP contribution < -0.4 is 10.9 Å². The minimum Gasteiger partial charge on any atom is -0.360 e. The van der Waals surface area contributed by atoms with E-state index in [4.69, 9.17) is 0 Å². The highest BCUT2D eigenvalue weighted by molar-refractivity contribution is 9.10. The molecule has 0 aliphatic heterocycles. The Kier molecular flexibility index (Phi) is 5.58. The van der Waals surface area contributed by atoms with Gasteiger partial charge in [-0.3, -0.25) is 14.3 Å². The molecule has 0 bridgehead atoms. The standard InChI is InChI=1S/C19H21BrN6O3S/c1-3-30(28,29)14-7-6-13(21-9-14)8-22-17-19(27)26(11(2)12-4-5-12)18-16(25-17)23-10-15(20)24-18/h6-7,9-12H,3-5,8H2,1-2H3,(H,22,23,25)/t11-/m0/s1. The van der Waals surface area contributed by atoms with Gasteiger partial charge in [0.15, 0.2) is 26.9 Å². The van der Waals surface area contributed by atoms with Crippen molar-refractivity contribution in [3.63, 3.8) is 0 Å². The van der Waals surface area contributed by atoms with Gasteiger partial charge in [-0.15, -0.1) is 0 Å². The van der Waals surface area contributed by atoms with Gasteiger partial charge in [-0.2, -0.15) is 0 Å². The summed E-state index contributed by atoms with van der Waals surface area (Å²) in [6.07, 6.45) is 5.04.